The molecule has 1 aliphatic heterocycles. The van der Waals surface area contributed by atoms with E-state index >= 15 is 0 Å². The van der Waals surface area contributed by atoms with Crippen molar-refractivity contribution in [3.63, 3.8) is 0 Å². The van der Waals surface area contributed by atoms with Gasteiger partial charge in [0.1, 0.15) is 0 Å². The minimum absolute atomic E-state index is 0.0496. The highest BCUT2D eigenvalue weighted by atomic mass is 19.4. The van der Waals surface area contributed by atoms with Gasteiger partial charge >= 0.3 is 6.30 Å². The highest BCUT2D eigenvalue weighted by Gasteiger charge is 2.42. The number of nitrogens with zero attached hydrogens (tertiary/aromatic N) is 2. The van der Waals surface area contributed by atoms with Crippen molar-refractivity contribution in [2.45, 2.75) is 50.5 Å². The minimum atomic E-state index is -4.45. The Kier molecular flexibility index (Phi) is 5.11. The van der Waals surface area contributed by atoms with Gasteiger partial charge in [0, 0.05) is 36.1 Å². The molecule has 2 aliphatic rings. The topological polar surface area (TPSA) is 57.5 Å². The summed E-state index contributed by atoms with van der Waals surface area (Å²) in [5.41, 5.74) is 1.86. The molecule has 0 bridgehead atoms. The lowest BCUT2D eigenvalue weighted by Gasteiger charge is -2.45. The van der Waals surface area contributed by atoms with Gasteiger partial charge in [0.25, 0.3) is 0 Å². The monoisotopic (exact) mass is 409 g/mol. The second-order valence-electron chi connectivity index (χ2n) is 8.28. The van der Waals surface area contributed by atoms with Crippen molar-refractivity contribution in [3.05, 3.63) is 35.5 Å². The maximum absolute atomic E-state index is 13.5. The zero-order valence-electron chi connectivity index (χ0n) is 16.5. The Morgan fingerprint density at radius 3 is 2.79 bits per heavy atom. The summed E-state index contributed by atoms with van der Waals surface area (Å²) in [6.07, 6.45) is -1.42. The number of aliphatic hydroxyl groups excluding tert-OH is 1. The molecular weight excluding hydrogens is 383 g/mol. The van der Waals surface area contributed by atoms with Crippen LogP contribution in [-0.2, 0) is 17.5 Å². The van der Waals surface area contributed by atoms with Crippen LogP contribution in [0.15, 0.2) is 24.4 Å². The number of amides is 1. The Bertz CT molecular complexity index is 920. The van der Waals surface area contributed by atoms with Crippen LogP contribution in [0.5, 0.6) is 0 Å². The number of rotatable bonds is 4. The first kappa shape index (κ1) is 20.2. The molecule has 1 aliphatic carbocycles. The summed E-state index contributed by atoms with van der Waals surface area (Å²) in [7, 11) is 1.96. The summed E-state index contributed by atoms with van der Waals surface area (Å²) >= 11 is 0. The van der Waals surface area contributed by atoms with Gasteiger partial charge in [-0.25, -0.2) is 0 Å². The minimum Gasteiger partial charge on any atom is -0.396 e. The summed E-state index contributed by atoms with van der Waals surface area (Å²) in [5.74, 6) is -0.543. The summed E-state index contributed by atoms with van der Waals surface area (Å²) < 4.78 is 40.9. The number of alkyl halides is 3. The number of likely N-dealkylation sites (tertiary alicyclic amines) is 1. The predicted octanol–water partition coefficient (Wildman–Crippen LogP) is 2.96. The van der Waals surface area contributed by atoms with E-state index in [2.05, 4.69) is 10.2 Å². The van der Waals surface area contributed by atoms with Crippen LogP contribution in [0.1, 0.15) is 36.8 Å². The van der Waals surface area contributed by atoms with Gasteiger partial charge in [0.15, 0.2) is 0 Å². The predicted molar refractivity (Wildman–Crippen MR) is 104 cm³/mol. The summed E-state index contributed by atoms with van der Waals surface area (Å²) in [4.78, 5) is 14.6. The number of hydrogen-bond donors (Lipinski definition) is 2. The lowest BCUT2D eigenvalue weighted by atomic mass is 9.74. The van der Waals surface area contributed by atoms with Crippen LogP contribution in [0.4, 0.5) is 13.2 Å². The number of halogens is 3. The van der Waals surface area contributed by atoms with Gasteiger partial charge in [-0.3, -0.25) is 9.36 Å². The van der Waals surface area contributed by atoms with Crippen LogP contribution in [0, 0.1) is 5.92 Å². The molecule has 1 aromatic heterocycles. The zero-order valence-corrected chi connectivity index (χ0v) is 16.5. The van der Waals surface area contributed by atoms with Gasteiger partial charge in [-0.05, 0) is 43.5 Å². The molecule has 29 heavy (non-hydrogen) atoms. The molecule has 1 amide bonds. The number of hydrogen-bond acceptors (Lipinski definition) is 3. The number of carbonyl (C=O) groups excluding carboxylic acids is 1. The van der Waals surface area contributed by atoms with E-state index in [1.54, 1.807) is 6.07 Å². The number of fused-ring (bicyclic) bond motifs is 2. The maximum atomic E-state index is 13.5. The Hall–Kier alpha value is -2.06. The van der Waals surface area contributed by atoms with Crippen LogP contribution < -0.4 is 5.32 Å². The van der Waals surface area contributed by atoms with E-state index in [1.165, 1.54) is 12.3 Å². The number of aromatic nitrogens is 1. The lowest BCUT2D eigenvalue weighted by molar-refractivity contribution is -0.200. The van der Waals surface area contributed by atoms with Gasteiger partial charge in [-0.15, -0.1) is 13.2 Å². The molecular formula is C21H26F3N3O2. The summed E-state index contributed by atoms with van der Waals surface area (Å²) in [6, 6.07) is 5.13. The quantitative estimate of drug-likeness (QED) is 0.817. The van der Waals surface area contributed by atoms with Crippen LogP contribution in [-0.4, -0.2) is 52.8 Å². The van der Waals surface area contributed by atoms with E-state index in [-0.39, 0.29) is 36.0 Å². The van der Waals surface area contributed by atoms with Crippen molar-refractivity contribution in [1.29, 1.82) is 0 Å². The first-order valence-electron chi connectivity index (χ1n) is 10.1. The molecule has 8 heteroatoms. The number of aliphatic hydroxyl groups is 1. The largest absolute Gasteiger partial charge is 0.488 e. The SMILES string of the molecule is CCC(CO)C(=O)NC1CC2c3cccc4c3c(cn4C(F)(F)F)CC2N(C)C1. The third-order valence-electron chi connectivity index (χ3n) is 6.55. The Morgan fingerprint density at radius 1 is 1.38 bits per heavy atom. The molecule has 4 rings (SSSR count). The lowest BCUT2D eigenvalue weighted by Crippen LogP contribution is -2.55. The van der Waals surface area contributed by atoms with Crippen molar-refractivity contribution in [2.24, 2.45) is 5.92 Å². The molecule has 2 aromatic rings. The van der Waals surface area contributed by atoms with E-state index in [4.69, 9.17) is 0 Å². The second-order valence-corrected chi connectivity index (χ2v) is 8.28. The molecule has 158 valence electrons. The van der Waals surface area contributed by atoms with Crippen LogP contribution >= 0.6 is 0 Å². The molecule has 1 saturated heterocycles. The van der Waals surface area contributed by atoms with Gasteiger partial charge in [-0.1, -0.05) is 19.1 Å². The van der Waals surface area contributed by atoms with Crippen molar-refractivity contribution >= 4 is 16.8 Å². The fourth-order valence-electron chi connectivity index (χ4n) is 5.08. The number of benzene rings is 1. The molecule has 2 N–H and O–H groups in total. The highest BCUT2D eigenvalue weighted by molar-refractivity contribution is 5.89. The third-order valence-corrected chi connectivity index (χ3v) is 6.55. The number of piperidine rings is 1. The van der Waals surface area contributed by atoms with Crippen molar-refractivity contribution in [3.8, 4) is 0 Å². The molecule has 0 spiro atoms. The summed E-state index contributed by atoms with van der Waals surface area (Å²) in [5, 5.41) is 13.1. The van der Waals surface area contributed by atoms with E-state index < -0.39 is 12.2 Å². The van der Waals surface area contributed by atoms with Crippen LogP contribution in [0.25, 0.3) is 10.9 Å². The van der Waals surface area contributed by atoms with Crippen LogP contribution in [0.3, 0.4) is 0 Å². The van der Waals surface area contributed by atoms with E-state index in [0.29, 0.717) is 35.8 Å². The van der Waals surface area contributed by atoms with Crippen LogP contribution in [0.2, 0.25) is 0 Å². The molecule has 5 nitrogen and oxygen atoms in total. The fraction of sp³-hybridized carbons (Fsp3) is 0.571. The average molecular weight is 409 g/mol. The molecule has 1 fully saturated rings. The Balaban J connectivity index is 1.67. The molecule has 1 aromatic carbocycles. The van der Waals surface area contributed by atoms with E-state index in [0.717, 1.165) is 11.1 Å². The first-order chi connectivity index (χ1) is 13.7. The highest BCUT2D eigenvalue weighted by Crippen LogP contribution is 2.45. The van der Waals surface area contributed by atoms with Gasteiger partial charge < -0.3 is 15.3 Å². The van der Waals surface area contributed by atoms with Gasteiger partial charge in [0.2, 0.25) is 5.91 Å². The molecule has 2 heterocycles. The van der Waals surface area contributed by atoms with Gasteiger partial charge in [0.05, 0.1) is 18.0 Å². The standard InChI is InChI=1S/C21H26F3N3O2/c1-3-12(11-28)20(29)25-14-8-16-15-5-4-6-17-19(15)13(7-18(16)26(2)10-14)9-27(17)21(22,23)24/h4-6,9,12,14,16,18,28H,3,7-8,10-11H2,1-2H3,(H,25,29). The van der Waals surface area contributed by atoms with Crippen molar-refractivity contribution < 1.29 is 23.1 Å². The second kappa shape index (κ2) is 7.32. The zero-order chi connectivity index (χ0) is 20.9. The summed E-state index contributed by atoms with van der Waals surface area (Å²) in [6.45, 7) is 2.31. The number of nitrogens with one attached hydrogen (secondary N) is 1. The fourth-order valence-corrected chi connectivity index (χ4v) is 5.08. The average Bonchev–Trinajstić information content (AvgIpc) is 3.04. The maximum Gasteiger partial charge on any atom is 0.488 e. The van der Waals surface area contributed by atoms with Crippen molar-refractivity contribution in [1.82, 2.24) is 14.8 Å². The first-order valence-corrected chi connectivity index (χ1v) is 10.1. The Morgan fingerprint density at radius 2 is 2.14 bits per heavy atom. The van der Waals surface area contributed by atoms with Gasteiger partial charge in [-0.2, -0.15) is 0 Å². The molecule has 4 atom stereocenters. The van der Waals surface area contributed by atoms with E-state index in [1.807, 2.05) is 20.0 Å². The van der Waals surface area contributed by atoms with E-state index in [9.17, 15) is 23.1 Å². The smallest absolute Gasteiger partial charge is 0.396 e. The molecule has 0 saturated carbocycles. The molecule has 4 unspecified atom stereocenters. The Labute approximate surface area is 167 Å². The number of carbonyl (C=O) groups is 1. The van der Waals surface area contributed by atoms with Crippen molar-refractivity contribution in [2.75, 3.05) is 20.2 Å². The third kappa shape index (κ3) is 3.42. The normalized spacial score (nSPS) is 25.7. The molecule has 0 radical (unpaired) electrons. The number of likely N-dealkylation sites (N-methyl/N-ethyl adjacent to an activating group) is 1.